The number of carbonyl (C=O) groups is 3. The van der Waals surface area contributed by atoms with E-state index in [0.29, 0.717) is 48.3 Å². The van der Waals surface area contributed by atoms with Crippen LogP contribution in [0, 0.1) is 93.7 Å². The van der Waals surface area contributed by atoms with Crippen molar-refractivity contribution in [2.45, 2.75) is 165 Å². The Morgan fingerprint density at radius 2 is 1.69 bits per heavy atom. The van der Waals surface area contributed by atoms with E-state index in [2.05, 4.69) is 47.4 Å². The van der Waals surface area contributed by atoms with Gasteiger partial charge in [-0.25, -0.2) is 4.99 Å². The minimum absolute atomic E-state index is 0.00465. The summed E-state index contributed by atoms with van der Waals surface area (Å²) in [6.45, 7) is 8.31. The van der Waals surface area contributed by atoms with Crippen LogP contribution in [-0.2, 0) is 25.7 Å². The predicted molar refractivity (Wildman–Crippen MR) is 344 cm³/mol. The van der Waals surface area contributed by atoms with Gasteiger partial charge in [0.15, 0.2) is 17.5 Å². The average molecular weight is 1260 g/mol. The minimum atomic E-state index is -1.96. The maximum atomic E-state index is 16.4. The zero-order valence-electron chi connectivity index (χ0n) is 51.9. The number of aromatic amines is 1. The lowest BCUT2D eigenvalue weighted by atomic mass is 9.43. The number of phenolic OH excluding ortho intramolecular Hbond substituents is 1. The van der Waals surface area contributed by atoms with Crippen molar-refractivity contribution in [3.63, 3.8) is 0 Å². The molecule has 2 saturated heterocycles. The molecule has 16 nitrogen and oxygen atoms in total. The van der Waals surface area contributed by atoms with Crippen LogP contribution in [0.1, 0.15) is 140 Å². The van der Waals surface area contributed by atoms with Crippen LogP contribution in [0.15, 0.2) is 101 Å². The first-order valence-electron chi connectivity index (χ1n) is 32.9. The number of guanidine groups is 1. The number of rotatable bonds is 9. The van der Waals surface area contributed by atoms with Crippen LogP contribution in [0.4, 0.5) is 0 Å². The molecule has 2 bridgehead atoms. The molecule has 3 aromatic rings. The summed E-state index contributed by atoms with van der Waals surface area (Å²) in [7, 11) is 3.00. The Hall–Kier alpha value is -5.10. The number of hydrogen-bond acceptors (Lipinski definition) is 15. The van der Waals surface area contributed by atoms with Crippen molar-refractivity contribution in [1.82, 2.24) is 15.6 Å². The Morgan fingerprint density at radius 3 is 2.44 bits per heavy atom. The number of benzene rings is 2. The molecule has 480 valence electrons. The van der Waals surface area contributed by atoms with Crippen molar-refractivity contribution in [3.05, 3.63) is 113 Å². The van der Waals surface area contributed by atoms with Gasteiger partial charge >= 0.3 is 5.97 Å². The number of cyclic esters (lactones) is 1. The van der Waals surface area contributed by atoms with Gasteiger partial charge in [-0.15, -0.1) is 5.92 Å². The minimum Gasteiger partial charge on any atom is -0.508 e. The van der Waals surface area contributed by atoms with E-state index in [1.165, 1.54) is 27.2 Å². The molecule has 0 radical (unpaired) electrons. The summed E-state index contributed by atoms with van der Waals surface area (Å²) in [5.74, 6) is 3.46. The third-order valence-electron chi connectivity index (χ3n) is 24.0. The van der Waals surface area contributed by atoms with E-state index in [0.717, 1.165) is 48.8 Å². The molecule has 22 unspecified atom stereocenters. The van der Waals surface area contributed by atoms with Crippen molar-refractivity contribution in [2.24, 2.45) is 92.6 Å². The van der Waals surface area contributed by atoms with E-state index < -0.39 is 94.3 Å². The topological polar surface area (TPSA) is 280 Å². The summed E-state index contributed by atoms with van der Waals surface area (Å²) in [5.41, 5.74) is 5.01. The first kappa shape index (κ1) is 64.0. The fraction of sp³-hybridized carbons (Fsp3) is 0.634. The van der Waals surface area contributed by atoms with Crippen LogP contribution in [-0.4, -0.2) is 131 Å². The number of esters is 1. The number of aromatic hydroxyl groups is 1. The number of aliphatic imine (C=N–C) groups is 1. The number of aliphatic hydroxyl groups is 6. The maximum Gasteiger partial charge on any atom is 0.313 e. The maximum absolute atomic E-state index is 16.4. The van der Waals surface area contributed by atoms with E-state index in [-0.39, 0.29) is 116 Å². The fourth-order valence-electron chi connectivity index (χ4n) is 19.7. The van der Waals surface area contributed by atoms with Crippen molar-refractivity contribution < 1.29 is 54.9 Å². The van der Waals surface area contributed by atoms with E-state index in [9.17, 15) is 40.2 Å². The van der Waals surface area contributed by atoms with Crippen molar-refractivity contribution in [3.8, 4) is 17.6 Å². The van der Waals surface area contributed by atoms with Gasteiger partial charge in [0.1, 0.15) is 11.8 Å². The summed E-state index contributed by atoms with van der Waals surface area (Å²) < 4.78 is 6.00. The van der Waals surface area contributed by atoms with Gasteiger partial charge in [0.05, 0.1) is 60.9 Å². The molecule has 18 heteroatoms. The number of ether oxygens (including phenoxy) is 1. The van der Waals surface area contributed by atoms with E-state index in [1.807, 2.05) is 55.7 Å². The second kappa shape index (κ2) is 25.8. The molecule has 0 spiro atoms. The number of nitrogens with two attached hydrogens (primary N) is 1. The second-order valence-corrected chi connectivity index (χ2v) is 31.5. The normalized spacial score (nSPS) is 41.8. The monoisotopic (exact) mass is 1260 g/mol. The lowest BCUT2D eigenvalue weighted by Crippen LogP contribution is -2.67. The van der Waals surface area contributed by atoms with Crippen LogP contribution in [0.2, 0.25) is 0 Å². The number of Topliss-reactive ketones (excluding diaryl/α,β-unsaturated/α-hetero) is 2. The molecule has 9 aliphatic rings. The number of allylic oxidation sites excluding steroid dienone is 3. The highest BCUT2D eigenvalue weighted by Gasteiger charge is 2.75. The number of ketones is 2. The zero-order valence-corrected chi connectivity index (χ0v) is 53.6. The Labute approximate surface area is 532 Å². The van der Waals surface area contributed by atoms with Gasteiger partial charge in [-0.1, -0.05) is 102 Å². The van der Waals surface area contributed by atoms with Gasteiger partial charge < -0.3 is 61.8 Å². The van der Waals surface area contributed by atoms with Crippen LogP contribution >= 0.6 is 21.6 Å². The summed E-state index contributed by atoms with van der Waals surface area (Å²) >= 11 is 0. The molecule has 3 heterocycles. The molecule has 12 N–H and O–H groups in total. The van der Waals surface area contributed by atoms with E-state index >= 15 is 9.90 Å². The molecular weight excluding hydrogens is 1160 g/mol. The van der Waals surface area contributed by atoms with Gasteiger partial charge in [-0.3, -0.25) is 14.4 Å². The van der Waals surface area contributed by atoms with Gasteiger partial charge in [0.25, 0.3) is 0 Å². The van der Waals surface area contributed by atoms with Crippen molar-refractivity contribution in [1.29, 1.82) is 0 Å². The molecule has 1 aromatic heterocycles. The molecule has 4 saturated carbocycles. The highest BCUT2D eigenvalue weighted by Crippen LogP contribution is 2.73. The highest BCUT2D eigenvalue weighted by atomic mass is 33.1. The summed E-state index contributed by atoms with van der Waals surface area (Å²) in [5, 5.41) is 95.0. The van der Waals surface area contributed by atoms with Gasteiger partial charge in [-0.05, 0) is 165 Å². The average Bonchev–Trinajstić information content (AvgIpc) is 1.62. The Bertz CT molecular complexity index is 3240. The third-order valence-corrected chi connectivity index (χ3v) is 26.5. The number of nitrogens with one attached hydrogen (secondary N) is 3. The second-order valence-electron chi connectivity index (χ2n) is 28.9. The van der Waals surface area contributed by atoms with Gasteiger partial charge in [0.2, 0.25) is 0 Å². The smallest absolute Gasteiger partial charge is 0.313 e. The largest absolute Gasteiger partial charge is 0.508 e. The fourth-order valence-corrected chi connectivity index (χ4v) is 22.4. The Morgan fingerprint density at radius 1 is 0.910 bits per heavy atom. The van der Waals surface area contributed by atoms with Crippen LogP contribution in [0.25, 0.3) is 0 Å². The molecule has 7 aliphatic carbocycles. The van der Waals surface area contributed by atoms with Crippen LogP contribution in [0.5, 0.6) is 5.75 Å². The zero-order chi connectivity index (χ0) is 62.7. The first-order chi connectivity index (χ1) is 42.7. The van der Waals surface area contributed by atoms with E-state index in [1.54, 1.807) is 31.2 Å². The van der Waals surface area contributed by atoms with Crippen molar-refractivity contribution in [2.75, 3.05) is 31.3 Å². The number of carbonyl (C=O) groups excluding carboxylic acids is 3. The summed E-state index contributed by atoms with van der Waals surface area (Å²) in [4.78, 5) is 53.2. The summed E-state index contributed by atoms with van der Waals surface area (Å²) in [6.07, 6.45) is 8.48. The number of hydrogen-bond donors (Lipinski definition) is 11. The third kappa shape index (κ3) is 11.7. The molecule has 2 aliphatic heterocycles. The predicted octanol–water partition coefficient (Wildman–Crippen LogP) is 8.07. The lowest BCUT2D eigenvalue weighted by molar-refractivity contribution is -0.194. The molecule has 12 rings (SSSR count). The number of fused-ring (bicyclic) bond motifs is 10. The SMILES string of the molecule is CC1CCC2=CCC3C(C)CC(O)C(C)(O)C4C(CC#CC(C5COC(=O)C5c5cc[nH]c5)CC3C2C1)CC1(O)C2=C3NC(CO)C(=O)CC(c5ccc(O)cc5)CSSCC5C(O)C(O)CC(C)(C2CCC41CCNC(N)=NCc1ccccc1)C5C3=O. The van der Waals surface area contributed by atoms with Gasteiger partial charge in [0, 0.05) is 84.2 Å². The molecule has 0 amide bonds. The number of phenols is 1. The lowest BCUT2D eigenvalue weighted by Gasteiger charge is -2.63. The molecule has 6 fully saturated rings. The number of aliphatic hydroxyl groups excluding tert-OH is 4. The number of aromatic nitrogens is 1. The van der Waals surface area contributed by atoms with Crippen LogP contribution in [0.3, 0.4) is 0 Å². The molecule has 2 aromatic carbocycles. The molecule has 22 atom stereocenters. The first-order valence-corrected chi connectivity index (χ1v) is 35.4. The molecular formula is C71H93N5O11S2. The summed E-state index contributed by atoms with van der Waals surface area (Å²) in [6, 6.07) is 17.1. The van der Waals surface area contributed by atoms with Gasteiger partial charge in [-0.2, -0.15) is 0 Å². The highest BCUT2D eigenvalue weighted by molar-refractivity contribution is 8.76. The van der Waals surface area contributed by atoms with Crippen molar-refractivity contribution >= 4 is 45.1 Å². The quantitative estimate of drug-likeness (QED) is 0.0241. The van der Waals surface area contributed by atoms with Crippen LogP contribution < -0.4 is 16.4 Å². The molecule has 89 heavy (non-hydrogen) atoms. The number of nitrogens with zero attached hydrogens (tertiary/aromatic N) is 1. The number of H-pyrrole nitrogens is 1. The Kier molecular flexibility index (Phi) is 18.5. The Balaban J connectivity index is 1.02. The van der Waals surface area contributed by atoms with E-state index in [4.69, 9.17) is 15.5 Å². The standard InChI is InChI=1S/C71H93N5O11S2/c1-39-13-14-43-17-20-49-40(2)28-58(81)69(4,85)65-45(12-8-11-44(29-51(49)50(43)27-39)52-36-87-66(84)59(52)46-22-25-73-34-46)31-71(86)61-54(21-23-70(65,71)24-26-74-67(72)75-33-41-9-6-5-7-10-41)68(3)32-57(80)63(82)53-38-89-88-37-47(42-15-18-48(78)19-16-42)30-56(79)55(35-77)76-62(61)64(83)60(53)68/h5-7,9-10,15-19,22,25,34,39-40,44-45,47,49-55,57-60,63,65,73,76-78,80-82,85-86H,12-14,20-21,23-24,26-33,35-38H2,1-4H3,(H3,72,74,75).